The summed E-state index contributed by atoms with van der Waals surface area (Å²) in [6.45, 7) is 1.18. The van der Waals surface area contributed by atoms with Crippen molar-refractivity contribution < 1.29 is 18.3 Å². The summed E-state index contributed by atoms with van der Waals surface area (Å²) in [5, 5.41) is 13.5. The number of nitrogens with zero attached hydrogens (tertiary/aromatic N) is 3. The predicted octanol–water partition coefficient (Wildman–Crippen LogP) is 1.71. The van der Waals surface area contributed by atoms with E-state index < -0.39 is 23.9 Å². The molecule has 1 amide bonds. The van der Waals surface area contributed by atoms with Gasteiger partial charge in [-0.2, -0.15) is 4.98 Å². The average Bonchev–Trinajstić information content (AvgIpc) is 2.71. The van der Waals surface area contributed by atoms with Gasteiger partial charge in [-0.25, -0.2) is 8.78 Å². The monoisotopic (exact) mass is 419 g/mol. The first kappa shape index (κ1) is 20.4. The van der Waals surface area contributed by atoms with E-state index in [0.717, 1.165) is 12.0 Å². The summed E-state index contributed by atoms with van der Waals surface area (Å²) in [4.78, 5) is 16.0. The molecular formula is C19H23F2N7O2. The van der Waals surface area contributed by atoms with Crippen LogP contribution in [0, 0.1) is 0 Å². The lowest BCUT2D eigenvalue weighted by molar-refractivity contribution is -0.0555. The summed E-state index contributed by atoms with van der Waals surface area (Å²) in [5.74, 6) is -3.72. The highest BCUT2D eigenvalue weighted by Gasteiger charge is 2.45. The first-order valence-corrected chi connectivity index (χ1v) is 9.74. The van der Waals surface area contributed by atoms with E-state index in [4.69, 9.17) is 16.2 Å². The molecule has 0 spiro atoms. The Morgan fingerprint density at radius 3 is 2.90 bits per heavy atom. The lowest BCUT2D eigenvalue weighted by Crippen LogP contribution is -2.55. The molecule has 2 atom stereocenters. The topological polar surface area (TPSA) is 141 Å². The summed E-state index contributed by atoms with van der Waals surface area (Å²) in [5.41, 5.74) is 13.8. The van der Waals surface area contributed by atoms with Crippen LogP contribution < -0.4 is 22.1 Å². The molecule has 1 aromatic carbocycles. The predicted molar refractivity (Wildman–Crippen MR) is 106 cm³/mol. The number of nitrogens with one attached hydrogen (secondary N) is 2. The van der Waals surface area contributed by atoms with Crippen molar-refractivity contribution in [2.24, 2.45) is 11.5 Å². The molecule has 0 bridgehead atoms. The lowest BCUT2D eigenvalue weighted by atomic mass is 9.87. The molecule has 6 N–H and O–H groups in total. The molecule has 2 heterocycles. The number of halogens is 2. The number of alkyl halides is 2. The normalized spacial score (nSPS) is 22.8. The number of amides is 1. The second kappa shape index (κ2) is 8.07. The SMILES string of the molecule is NC(=O)c1nnc(N[C@@H]2CCCC(F)(F)[C@@H]2N)nc1Nc1ccc2c(c1)COCC2. The van der Waals surface area contributed by atoms with E-state index >= 15 is 0 Å². The van der Waals surface area contributed by atoms with Crippen LogP contribution in [-0.2, 0) is 17.8 Å². The lowest BCUT2D eigenvalue weighted by Gasteiger charge is -2.35. The van der Waals surface area contributed by atoms with Crippen molar-refractivity contribution in [1.82, 2.24) is 15.2 Å². The zero-order chi connectivity index (χ0) is 21.3. The molecule has 9 nitrogen and oxygen atoms in total. The number of rotatable bonds is 5. The number of carbonyl (C=O) groups is 1. The van der Waals surface area contributed by atoms with E-state index in [0.29, 0.717) is 31.7 Å². The zero-order valence-electron chi connectivity index (χ0n) is 16.2. The molecule has 1 fully saturated rings. The van der Waals surface area contributed by atoms with Gasteiger partial charge in [-0.3, -0.25) is 4.79 Å². The Morgan fingerprint density at radius 2 is 2.10 bits per heavy atom. The van der Waals surface area contributed by atoms with Crippen LogP contribution in [0.3, 0.4) is 0 Å². The summed E-state index contributed by atoms with van der Waals surface area (Å²) in [6, 6.07) is 3.63. The standard InChI is InChI=1S/C19H23F2N7O2/c20-19(21)6-1-2-13(15(19)22)25-18-26-17(14(16(23)29)27-28-18)24-12-4-3-10-5-7-30-9-11(10)8-12/h3-4,8,13,15H,1-2,5-7,9,22H2,(H2,23,29)(H2,24,25,26,28)/t13-,15-/m1/s1. The summed E-state index contributed by atoms with van der Waals surface area (Å²) < 4.78 is 33.3. The number of anilines is 3. The van der Waals surface area contributed by atoms with Crippen molar-refractivity contribution in [3.05, 3.63) is 35.0 Å². The van der Waals surface area contributed by atoms with Gasteiger partial charge in [0.15, 0.2) is 11.5 Å². The molecule has 11 heteroatoms. The Balaban J connectivity index is 1.58. The van der Waals surface area contributed by atoms with Crippen molar-refractivity contribution in [3.63, 3.8) is 0 Å². The zero-order valence-corrected chi connectivity index (χ0v) is 16.2. The highest BCUT2D eigenvalue weighted by atomic mass is 19.3. The third-order valence-corrected chi connectivity index (χ3v) is 5.42. The molecule has 1 aliphatic carbocycles. The second-order valence-electron chi connectivity index (χ2n) is 7.54. The molecule has 1 aromatic heterocycles. The number of hydrogen-bond acceptors (Lipinski definition) is 8. The van der Waals surface area contributed by atoms with Crippen LogP contribution in [0.1, 0.15) is 40.9 Å². The fraction of sp³-hybridized carbons (Fsp3) is 0.474. The minimum Gasteiger partial charge on any atom is -0.376 e. The molecule has 2 aromatic rings. The van der Waals surface area contributed by atoms with Crippen LogP contribution in [0.5, 0.6) is 0 Å². The molecular weight excluding hydrogens is 396 g/mol. The molecule has 0 radical (unpaired) electrons. The van der Waals surface area contributed by atoms with E-state index in [1.54, 1.807) is 0 Å². The van der Waals surface area contributed by atoms with Gasteiger partial charge in [0.25, 0.3) is 11.8 Å². The van der Waals surface area contributed by atoms with Gasteiger partial charge in [0.05, 0.1) is 25.3 Å². The molecule has 1 aliphatic heterocycles. The van der Waals surface area contributed by atoms with Gasteiger partial charge in [0.2, 0.25) is 5.95 Å². The average molecular weight is 419 g/mol. The summed E-state index contributed by atoms with van der Waals surface area (Å²) in [7, 11) is 0. The van der Waals surface area contributed by atoms with Crippen LogP contribution in [0.2, 0.25) is 0 Å². The van der Waals surface area contributed by atoms with Gasteiger partial charge >= 0.3 is 0 Å². The van der Waals surface area contributed by atoms with E-state index in [9.17, 15) is 13.6 Å². The van der Waals surface area contributed by atoms with Crippen molar-refractivity contribution in [2.45, 2.75) is 50.3 Å². The number of carbonyl (C=O) groups excluding carboxylic acids is 1. The fourth-order valence-electron chi connectivity index (χ4n) is 3.75. The molecule has 4 rings (SSSR count). The third kappa shape index (κ3) is 4.17. The quantitative estimate of drug-likeness (QED) is 0.574. The molecule has 30 heavy (non-hydrogen) atoms. The Hall–Kier alpha value is -2.92. The maximum absolute atomic E-state index is 13.9. The maximum Gasteiger partial charge on any atom is 0.273 e. The van der Waals surface area contributed by atoms with Gasteiger partial charge in [-0.05, 0) is 42.5 Å². The van der Waals surface area contributed by atoms with E-state index in [1.165, 1.54) is 5.56 Å². The molecule has 160 valence electrons. The van der Waals surface area contributed by atoms with Crippen molar-refractivity contribution in [3.8, 4) is 0 Å². The van der Waals surface area contributed by atoms with Crippen LogP contribution in [-0.4, -0.2) is 45.7 Å². The highest BCUT2D eigenvalue weighted by molar-refractivity contribution is 5.96. The largest absolute Gasteiger partial charge is 0.376 e. The maximum atomic E-state index is 13.9. The number of nitrogens with two attached hydrogens (primary N) is 2. The number of ether oxygens (including phenoxy) is 1. The summed E-state index contributed by atoms with van der Waals surface area (Å²) in [6.07, 6.45) is 1.36. The van der Waals surface area contributed by atoms with Crippen molar-refractivity contribution >= 4 is 23.4 Å². The number of primary amides is 1. The Morgan fingerprint density at radius 1 is 1.27 bits per heavy atom. The van der Waals surface area contributed by atoms with Gasteiger partial charge in [0, 0.05) is 12.1 Å². The first-order valence-electron chi connectivity index (χ1n) is 9.74. The number of fused-ring (bicyclic) bond motifs is 1. The molecule has 0 saturated heterocycles. The van der Waals surface area contributed by atoms with Gasteiger partial charge < -0.3 is 26.8 Å². The first-order chi connectivity index (χ1) is 14.3. The fourth-order valence-corrected chi connectivity index (χ4v) is 3.75. The van der Waals surface area contributed by atoms with Crippen LogP contribution >= 0.6 is 0 Å². The van der Waals surface area contributed by atoms with Gasteiger partial charge in [-0.15, -0.1) is 10.2 Å². The third-order valence-electron chi connectivity index (χ3n) is 5.42. The Kier molecular flexibility index (Phi) is 5.48. The van der Waals surface area contributed by atoms with E-state index in [-0.39, 0.29) is 23.9 Å². The molecule has 0 unspecified atom stereocenters. The summed E-state index contributed by atoms with van der Waals surface area (Å²) >= 11 is 0. The number of hydrogen-bond donors (Lipinski definition) is 4. The Bertz CT molecular complexity index is 956. The minimum atomic E-state index is -2.97. The van der Waals surface area contributed by atoms with Gasteiger partial charge in [-0.1, -0.05) is 6.07 Å². The van der Waals surface area contributed by atoms with Crippen LogP contribution in [0.4, 0.5) is 26.2 Å². The van der Waals surface area contributed by atoms with Gasteiger partial charge in [0.1, 0.15) is 0 Å². The van der Waals surface area contributed by atoms with E-state index in [2.05, 4.69) is 25.8 Å². The highest BCUT2D eigenvalue weighted by Crippen LogP contribution is 2.33. The minimum absolute atomic E-state index is 0.0121. The van der Waals surface area contributed by atoms with Crippen molar-refractivity contribution in [2.75, 3.05) is 17.2 Å². The number of benzene rings is 1. The molecule has 1 saturated carbocycles. The van der Waals surface area contributed by atoms with Crippen LogP contribution in [0.25, 0.3) is 0 Å². The molecule has 2 aliphatic rings. The van der Waals surface area contributed by atoms with Crippen LogP contribution in [0.15, 0.2) is 18.2 Å². The smallest absolute Gasteiger partial charge is 0.273 e. The number of aromatic nitrogens is 3. The second-order valence-corrected chi connectivity index (χ2v) is 7.54. The van der Waals surface area contributed by atoms with E-state index in [1.807, 2.05) is 18.2 Å². The van der Waals surface area contributed by atoms with Crippen molar-refractivity contribution in [1.29, 1.82) is 0 Å². The Labute approximate surface area is 171 Å².